The molecule has 0 aliphatic carbocycles. The van der Waals surface area contributed by atoms with E-state index < -0.39 is 0 Å². The summed E-state index contributed by atoms with van der Waals surface area (Å²) in [5.74, 6) is 0.264. The molecule has 1 rings (SSSR count). The molecule has 0 radical (unpaired) electrons. The van der Waals surface area contributed by atoms with Gasteiger partial charge in [-0.2, -0.15) is 11.8 Å². The Bertz CT molecular complexity index is 282. The number of thioether (sulfide) groups is 1. The molecule has 0 aliphatic rings. The van der Waals surface area contributed by atoms with Crippen LogP contribution in [0.15, 0.2) is 30.3 Å². The van der Waals surface area contributed by atoms with Crippen LogP contribution in [0.5, 0.6) is 0 Å². The van der Waals surface area contributed by atoms with Gasteiger partial charge in [0.2, 0.25) is 0 Å². The monoisotopic (exact) mass is 208 g/mol. The van der Waals surface area contributed by atoms with Crippen molar-refractivity contribution in [3.63, 3.8) is 0 Å². The fourth-order valence-electron chi connectivity index (χ4n) is 1.41. The molecule has 0 amide bonds. The van der Waals surface area contributed by atoms with Gasteiger partial charge in [-0.25, -0.2) is 0 Å². The highest BCUT2D eigenvalue weighted by atomic mass is 32.2. The van der Waals surface area contributed by atoms with Crippen LogP contribution in [0.2, 0.25) is 0 Å². The van der Waals surface area contributed by atoms with Crippen LogP contribution in [0, 0.1) is 0 Å². The zero-order chi connectivity index (χ0) is 10.4. The first-order chi connectivity index (χ1) is 6.79. The number of ketones is 1. The van der Waals surface area contributed by atoms with E-state index in [-0.39, 0.29) is 11.0 Å². The lowest BCUT2D eigenvalue weighted by molar-refractivity contribution is 0.0986. The van der Waals surface area contributed by atoms with Crippen molar-refractivity contribution in [2.24, 2.45) is 0 Å². The molecule has 14 heavy (non-hydrogen) atoms. The first-order valence-corrected chi connectivity index (χ1v) is 6.20. The molecule has 0 fully saturated rings. The van der Waals surface area contributed by atoms with Gasteiger partial charge in [0.25, 0.3) is 0 Å². The Balaban J connectivity index is 2.73. The molecule has 0 bridgehead atoms. The van der Waals surface area contributed by atoms with Gasteiger partial charge in [0.1, 0.15) is 0 Å². The Labute approximate surface area is 89.9 Å². The minimum absolute atomic E-state index is 0.127. The highest BCUT2D eigenvalue weighted by Crippen LogP contribution is 2.18. The summed E-state index contributed by atoms with van der Waals surface area (Å²) in [7, 11) is 0. The number of carbonyl (C=O) groups excluding carboxylic acids is 1. The van der Waals surface area contributed by atoms with E-state index in [9.17, 15) is 4.79 Å². The number of hydrogen-bond donors (Lipinski definition) is 0. The quantitative estimate of drug-likeness (QED) is 0.690. The van der Waals surface area contributed by atoms with Gasteiger partial charge in [0.15, 0.2) is 5.78 Å². The molecule has 1 atom stereocenters. The molecule has 0 heterocycles. The summed E-state index contributed by atoms with van der Waals surface area (Å²) in [6.45, 7) is 2.11. The summed E-state index contributed by atoms with van der Waals surface area (Å²) >= 11 is 1.65. The number of carbonyl (C=O) groups is 1. The van der Waals surface area contributed by atoms with Gasteiger partial charge in [-0.3, -0.25) is 4.79 Å². The van der Waals surface area contributed by atoms with Crippen molar-refractivity contribution < 1.29 is 4.79 Å². The zero-order valence-corrected chi connectivity index (χ0v) is 9.51. The fraction of sp³-hybridized carbons (Fsp3) is 0.417. The molecular formula is C12H16OS. The van der Waals surface area contributed by atoms with Crippen molar-refractivity contribution in [2.45, 2.75) is 25.0 Å². The third-order valence-corrected chi connectivity index (χ3v) is 3.20. The molecule has 0 N–H and O–H groups in total. The largest absolute Gasteiger partial charge is 0.293 e. The summed E-state index contributed by atoms with van der Waals surface area (Å²) in [6.07, 6.45) is 4.03. The van der Waals surface area contributed by atoms with E-state index >= 15 is 0 Å². The maximum atomic E-state index is 11.9. The standard InChI is InChI=1S/C12H16OS/c1-3-7-11(14-2)12(13)10-8-5-4-6-9-10/h4-6,8-9,11H,3,7H2,1-2H3. The molecule has 1 aromatic carbocycles. The van der Waals surface area contributed by atoms with E-state index in [4.69, 9.17) is 0 Å². The number of benzene rings is 1. The van der Waals surface area contributed by atoms with Gasteiger partial charge in [0.05, 0.1) is 5.25 Å². The lowest BCUT2D eigenvalue weighted by atomic mass is 10.1. The van der Waals surface area contributed by atoms with Gasteiger partial charge in [0, 0.05) is 5.56 Å². The van der Waals surface area contributed by atoms with E-state index in [1.165, 1.54) is 0 Å². The number of hydrogen-bond acceptors (Lipinski definition) is 2. The molecule has 76 valence electrons. The Morgan fingerprint density at radius 2 is 2.00 bits per heavy atom. The van der Waals surface area contributed by atoms with Crippen molar-refractivity contribution in [3.8, 4) is 0 Å². The highest BCUT2D eigenvalue weighted by Gasteiger charge is 2.17. The number of rotatable bonds is 5. The number of Topliss-reactive ketones (excluding diaryl/α,β-unsaturated/α-hetero) is 1. The van der Waals surface area contributed by atoms with Gasteiger partial charge >= 0.3 is 0 Å². The molecule has 0 aromatic heterocycles. The first kappa shape index (κ1) is 11.3. The van der Waals surface area contributed by atoms with Crippen LogP contribution in [0.1, 0.15) is 30.1 Å². The fourth-order valence-corrected chi connectivity index (χ4v) is 2.23. The maximum absolute atomic E-state index is 11.9. The molecule has 0 spiro atoms. The van der Waals surface area contributed by atoms with Crippen LogP contribution in [0.4, 0.5) is 0 Å². The van der Waals surface area contributed by atoms with Crippen molar-refractivity contribution in [1.29, 1.82) is 0 Å². The lowest BCUT2D eigenvalue weighted by Gasteiger charge is -2.11. The van der Waals surface area contributed by atoms with Crippen molar-refractivity contribution in [3.05, 3.63) is 35.9 Å². The summed E-state index contributed by atoms with van der Waals surface area (Å²) < 4.78 is 0. The van der Waals surface area contributed by atoms with Crippen LogP contribution in [0.3, 0.4) is 0 Å². The highest BCUT2D eigenvalue weighted by molar-refractivity contribution is 7.99. The van der Waals surface area contributed by atoms with Crippen molar-refractivity contribution in [1.82, 2.24) is 0 Å². The average molecular weight is 208 g/mol. The van der Waals surface area contributed by atoms with Crippen LogP contribution in [-0.2, 0) is 0 Å². The molecule has 2 heteroatoms. The molecular weight excluding hydrogens is 192 g/mol. The Hall–Kier alpha value is -0.760. The maximum Gasteiger partial charge on any atom is 0.175 e. The van der Waals surface area contributed by atoms with Gasteiger partial charge < -0.3 is 0 Å². The Morgan fingerprint density at radius 3 is 2.50 bits per heavy atom. The summed E-state index contributed by atoms with van der Waals surface area (Å²) in [4.78, 5) is 11.9. The minimum atomic E-state index is 0.127. The second-order valence-corrected chi connectivity index (χ2v) is 4.28. The molecule has 1 aromatic rings. The summed E-state index contributed by atoms with van der Waals surface area (Å²) in [5, 5.41) is 0.127. The predicted molar refractivity (Wildman–Crippen MR) is 63.0 cm³/mol. The third kappa shape index (κ3) is 2.88. The van der Waals surface area contributed by atoms with Crippen LogP contribution in [-0.4, -0.2) is 17.3 Å². The summed E-state index contributed by atoms with van der Waals surface area (Å²) in [6, 6.07) is 9.54. The smallest absolute Gasteiger partial charge is 0.175 e. The van der Waals surface area contributed by atoms with Crippen molar-refractivity contribution in [2.75, 3.05) is 6.26 Å². The predicted octanol–water partition coefficient (Wildman–Crippen LogP) is 3.40. The first-order valence-electron chi connectivity index (χ1n) is 4.91. The van der Waals surface area contributed by atoms with E-state index in [0.29, 0.717) is 0 Å². The van der Waals surface area contributed by atoms with Gasteiger partial charge in [-0.05, 0) is 12.7 Å². The van der Waals surface area contributed by atoms with E-state index in [1.54, 1.807) is 11.8 Å². The zero-order valence-electron chi connectivity index (χ0n) is 8.69. The van der Waals surface area contributed by atoms with Crippen molar-refractivity contribution >= 4 is 17.5 Å². The second kappa shape index (κ2) is 5.86. The SMILES string of the molecule is CCCC(SC)C(=O)c1ccccc1. The minimum Gasteiger partial charge on any atom is -0.293 e. The normalized spacial score (nSPS) is 12.4. The average Bonchev–Trinajstić information content (AvgIpc) is 2.26. The second-order valence-electron chi connectivity index (χ2n) is 3.24. The topological polar surface area (TPSA) is 17.1 Å². The van der Waals surface area contributed by atoms with E-state index in [2.05, 4.69) is 6.92 Å². The van der Waals surface area contributed by atoms with E-state index in [1.807, 2.05) is 36.6 Å². The van der Waals surface area contributed by atoms with Gasteiger partial charge in [-0.15, -0.1) is 0 Å². The van der Waals surface area contributed by atoms with Crippen LogP contribution < -0.4 is 0 Å². The molecule has 0 saturated heterocycles. The Kier molecular flexibility index (Phi) is 4.74. The Morgan fingerprint density at radius 1 is 1.36 bits per heavy atom. The molecule has 0 aliphatic heterocycles. The molecule has 1 unspecified atom stereocenters. The summed E-state index contributed by atoms with van der Waals surface area (Å²) in [5.41, 5.74) is 0.834. The third-order valence-electron chi connectivity index (χ3n) is 2.19. The van der Waals surface area contributed by atoms with Crippen LogP contribution >= 0.6 is 11.8 Å². The van der Waals surface area contributed by atoms with Gasteiger partial charge in [-0.1, -0.05) is 43.7 Å². The molecule has 0 saturated carbocycles. The molecule has 1 nitrogen and oxygen atoms in total. The van der Waals surface area contributed by atoms with Crippen LogP contribution in [0.25, 0.3) is 0 Å². The van der Waals surface area contributed by atoms with E-state index in [0.717, 1.165) is 18.4 Å². The lowest BCUT2D eigenvalue weighted by Crippen LogP contribution is -2.16.